The molecule has 1 aliphatic carbocycles. The molecule has 0 saturated carbocycles. The molecule has 2 atom stereocenters. The molecule has 9 heteroatoms. The third kappa shape index (κ3) is 3.88. The molecule has 0 amide bonds. The van der Waals surface area contributed by atoms with Gasteiger partial charge in [-0.15, -0.1) is 10.2 Å². The molecular formula is C23H23Cl2FN4O2. The molecular weight excluding hydrogens is 454 g/mol. The molecule has 6 nitrogen and oxygen atoms in total. The average molecular weight is 477 g/mol. The van der Waals surface area contributed by atoms with Crippen molar-refractivity contribution in [3.8, 4) is 11.4 Å². The number of ether oxygens (including phenoxy) is 2. The van der Waals surface area contributed by atoms with Crippen molar-refractivity contribution < 1.29 is 13.9 Å². The van der Waals surface area contributed by atoms with Gasteiger partial charge in [-0.05, 0) is 50.1 Å². The van der Waals surface area contributed by atoms with E-state index in [1.165, 1.54) is 6.07 Å². The predicted molar refractivity (Wildman–Crippen MR) is 121 cm³/mol. The monoisotopic (exact) mass is 476 g/mol. The van der Waals surface area contributed by atoms with Crippen LogP contribution in [0.3, 0.4) is 0 Å². The molecule has 2 heterocycles. The van der Waals surface area contributed by atoms with Gasteiger partial charge < -0.3 is 9.47 Å². The second-order valence-electron chi connectivity index (χ2n) is 8.16. The van der Waals surface area contributed by atoms with E-state index >= 15 is 4.39 Å². The van der Waals surface area contributed by atoms with Crippen LogP contribution >= 0.6 is 23.2 Å². The highest BCUT2D eigenvalue weighted by Gasteiger charge is 2.40. The van der Waals surface area contributed by atoms with Crippen LogP contribution in [0.5, 0.6) is 5.75 Å². The number of hydrogen-bond donors (Lipinski definition) is 0. The van der Waals surface area contributed by atoms with Gasteiger partial charge in [0.25, 0.3) is 0 Å². The zero-order valence-corrected chi connectivity index (χ0v) is 19.3. The molecule has 168 valence electrons. The van der Waals surface area contributed by atoms with E-state index in [1.54, 1.807) is 16.7 Å². The van der Waals surface area contributed by atoms with Crippen molar-refractivity contribution in [3.63, 3.8) is 0 Å². The van der Waals surface area contributed by atoms with E-state index in [0.29, 0.717) is 40.6 Å². The number of rotatable bonds is 4. The van der Waals surface area contributed by atoms with Crippen LogP contribution in [0.2, 0.25) is 10.0 Å². The van der Waals surface area contributed by atoms with Crippen molar-refractivity contribution in [1.82, 2.24) is 19.7 Å². The molecule has 5 rings (SSSR count). The summed E-state index contributed by atoms with van der Waals surface area (Å²) in [6.45, 7) is 6.56. The maximum Gasteiger partial charge on any atom is 0.167 e. The molecule has 1 aromatic heterocycles. The Balaban J connectivity index is 1.49. The van der Waals surface area contributed by atoms with E-state index in [9.17, 15) is 0 Å². The molecule has 3 aromatic rings. The Labute approximate surface area is 195 Å². The Morgan fingerprint density at radius 2 is 1.78 bits per heavy atom. The fourth-order valence-corrected chi connectivity index (χ4v) is 5.28. The normalized spacial score (nSPS) is 21.0. The standard InChI is InChI=1S/C23H23Cl2FN4O2/c1-13-27-28-14(2)30(13)16-3-4-22(20(26)11-16)32-23-18-9-15(24)10-19(25)17(18)12-21(23)29-5-7-31-8-6-29/h3-4,9-11,21,23H,5-8,12H2,1-2H3/t21-,23+/m0/s1. The van der Waals surface area contributed by atoms with Crippen LogP contribution in [0.15, 0.2) is 30.3 Å². The largest absolute Gasteiger partial charge is 0.481 e. The van der Waals surface area contributed by atoms with Gasteiger partial charge in [-0.25, -0.2) is 4.39 Å². The lowest BCUT2D eigenvalue weighted by Crippen LogP contribution is -2.46. The molecule has 1 saturated heterocycles. The van der Waals surface area contributed by atoms with E-state index in [2.05, 4.69) is 15.1 Å². The molecule has 0 N–H and O–H groups in total. The first-order valence-electron chi connectivity index (χ1n) is 10.6. The van der Waals surface area contributed by atoms with Crippen LogP contribution in [-0.4, -0.2) is 52.0 Å². The van der Waals surface area contributed by atoms with E-state index in [-0.39, 0.29) is 11.8 Å². The topological polar surface area (TPSA) is 52.4 Å². The summed E-state index contributed by atoms with van der Waals surface area (Å²) < 4.78 is 28.8. The lowest BCUT2D eigenvalue weighted by Gasteiger charge is -2.35. The summed E-state index contributed by atoms with van der Waals surface area (Å²) in [5.74, 6) is 1.12. The first kappa shape index (κ1) is 21.6. The van der Waals surface area contributed by atoms with Gasteiger partial charge in [-0.2, -0.15) is 0 Å². The number of nitrogens with zero attached hydrogens (tertiary/aromatic N) is 4. The van der Waals surface area contributed by atoms with Gasteiger partial charge in [-0.1, -0.05) is 23.2 Å². The van der Waals surface area contributed by atoms with Crippen LogP contribution in [0, 0.1) is 19.7 Å². The summed E-state index contributed by atoms with van der Waals surface area (Å²) in [6.07, 6.45) is 0.326. The lowest BCUT2D eigenvalue weighted by molar-refractivity contribution is -0.0109. The first-order chi connectivity index (χ1) is 15.4. The number of hydrogen-bond acceptors (Lipinski definition) is 5. The third-order valence-electron chi connectivity index (χ3n) is 6.19. The smallest absolute Gasteiger partial charge is 0.167 e. The molecule has 2 aliphatic rings. The van der Waals surface area contributed by atoms with Crippen LogP contribution in [-0.2, 0) is 11.2 Å². The fourth-order valence-electron chi connectivity index (χ4n) is 4.69. The second kappa shape index (κ2) is 8.63. The quantitative estimate of drug-likeness (QED) is 0.545. The van der Waals surface area contributed by atoms with Crippen molar-refractivity contribution in [2.24, 2.45) is 0 Å². The molecule has 32 heavy (non-hydrogen) atoms. The zero-order valence-electron chi connectivity index (χ0n) is 17.8. The Kier molecular flexibility index (Phi) is 5.84. The highest BCUT2D eigenvalue weighted by Crippen LogP contribution is 2.43. The van der Waals surface area contributed by atoms with Gasteiger partial charge in [0.2, 0.25) is 0 Å². The lowest BCUT2D eigenvalue weighted by atomic mass is 10.1. The number of morpholine rings is 1. The van der Waals surface area contributed by atoms with E-state index in [0.717, 1.165) is 30.6 Å². The molecule has 2 aromatic carbocycles. The van der Waals surface area contributed by atoms with Crippen LogP contribution in [0.4, 0.5) is 4.39 Å². The van der Waals surface area contributed by atoms with Crippen molar-refractivity contribution in [2.45, 2.75) is 32.4 Å². The maximum absolute atomic E-state index is 15.2. The highest BCUT2D eigenvalue weighted by atomic mass is 35.5. The maximum atomic E-state index is 15.2. The van der Waals surface area contributed by atoms with Crippen molar-refractivity contribution in [2.75, 3.05) is 26.3 Å². The molecule has 0 unspecified atom stereocenters. The second-order valence-corrected chi connectivity index (χ2v) is 9.00. The minimum Gasteiger partial charge on any atom is -0.481 e. The predicted octanol–water partition coefficient (Wildman–Crippen LogP) is 4.71. The van der Waals surface area contributed by atoms with Gasteiger partial charge in [0.15, 0.2) is 11.6 Å². The summed E-state index contributed by atoms with van der Waals surface area (Å²) in [6, 6.07) is 8.56. The summed E-state index contributed by atoms with van der Waals surface area (Å²) in [4.78, 5) is 2.33. The van der Waals surface area contributed by atoms with Crippen LogP contribution < -0.4 is 4.74 Å². The zero-order chi connectivity index (χ0) is 22.4. The van der Waals surface area contributed by atoms with E-state index in [1.807, 2.05) is 26.0 Å². The molecule has 0 spiro atoms. The molecule has 0 radical (unpaired) electrons. The molecule has 0 bridgehead atoms. The highest BCUT2D eigenvalue weighted by molar-refractivity contribution is 6.35. The Hall–Kier alpha value is -2.19. The van der Waals surface area contributed by atoms with Crippen molar-refractivity contribution in [3.05, 3.63) is 69.0 Å². The summed E-state index contributed by atoms with van der Waals surface area (Å²) in [5.41, 5.74) is 2.57. The third-order valence-corrected chi connectivity index (χ3v) is 6.75. The number of benzene rings is 2. The molecule has 1 fully saturated rings. The minimum atomic E-state index is -0.447. The number of halogens is 3. The SMILES string of the molecule is Cc1nnc(C)n1-c1ccc(O[C@@H]2c3cc(Cl)cc(Cl)c3C[C@@H]2N2CCOCC2)c(F)c1. The molecule has 1 aliphatic heterocycles. The van der Waals surface area contributed by atoms with Crippen LogP contribution in [0.25, 0.3) is 5.69 Å². The Bertz CT molecular complexity index is 1140. The van der Waals surface area contributed by atoms with Gasteiger partial charge >= 0.3 is 0 Å². The Morgan fingerprint density at radius 3 is 2.47 bits per heavy atom. The summed E-state index contributed by atoms with van der Waals surface area (Å²) in [5, 5.41) is 9.26. The summed E-state index contributed by atoms with van der Waals surface area (Å²) >= 11 is 12.8. The average Bonchev–Trinajstić information content (AvgIpc) is 3.30. The summed E-state index contributed by atoms with van der Waals surface area (Å²) in [7, 11) is 0. The number of aryl methyl sites for hydroxylation is 2. The van der Waals surface area contributed by atoms with Gasteiger partial charge in [0, 0.05) is 34.8 Å². The first-order valence-corrected chi connectivity index (χ1v) is 11.3. The van der Waals surface area contributed by atoms with Gasteiger partial charge in [0.05, 0.1) is 24.9 Å². The number of fused-ring (bicyclic) bond motifs is 1. The van der Waals surface area contributed by atoms with Gasteiger partial charge in [0.1, 0.15) is 17.8 Å². The van der Waals surface area contributed by atoms with E-state index < -0.39 is 11.9 Å². The van der Waals surface area contributed by atoms with Crippen molar-refractivity contribution >= 4 is 23.2 Å². The fraction of sp³-hybridized carbons (Fsp3) is 0.391. The van der Waals surface area contributed by atoms with E-state index in [4.69, 9.17) is 32.7 Å². The van der Waals surface area contributed by atoms with Crippen LogP contribution in [0.1, 0.15) is 28.9 Å². The van der Waals surface area contributed by atoms with Crippen molar-refractivity contribution in [1.29, 1.82) is 0 Å². The Morgan fingerprint density at radius 1 is 1.06 bits per heavy atom. The number of aromatic nitrogens is 3. The minimum absolute atomic E-state index is 0.0197. The van der Waals surface area contributed by atoms with Gasteiger partial charge in [-0.3, -0.25) is 9.47 Å².